The second-order valence-corrected chi connectivity index (χ2v) is 5.52. The Balaban J connectivity index is 2.15. The normalized spacial score (nSPS) is 12.7. The van der Waals surface area contributed by atoms with Crippen LogP contribution in [0.5, 0.6) is 5.75 Å². The van der Waals surface area contributed by atoms with Gasteiger partial charge < -0.3 is 19.7 Å². The molecule has 7 nitrogen and oxygen atoms in total. The lowest BCUT2D eigenvalue weighted by molar-refractivity contribution is -0.0306. The first-order chi connectivity index (χ1) is 12.6. The van der Waals surface area contributed by atoms with Crippen molar-refractivity contribution in [1.29, 1.82) is 5.26 Å². The number of methoxy groups -OCH3 is 1. The average Bonchev–Trinajstić information content (AvgIpc) is 2.66. The van der Waals surface area contributed by atoms with Gasteiger partial charge in [0.1, 0.15) is 11.9 Å². The Morgan fingerprint density at radius 2 is 1.85 bits per heavy atom. The van der Waals surface area contributed by atoms with Crippen LogP contribution in [-0.4, -0.2) is 36.1 Å². The largest absolute Gasteiger partial charge is 0.508 e. The number of phenolic OH excluding ortho intramolecular Hbond substituents is 1. The highest BCUT2D eigenvalue weighted by atomic mass is 16.6. The minimum atomic E-state index is -0.772. The lowest BCUT2D eigenvalue weighted by Crippen LogP contribution is -2.28. The van der Waals surface area contributed by atoms with E-state index < -0.39 is 18.3 Å². The molecule has 2 aromatic rings. The summed E-state index contributed by atoms with van der Waals surface area (Å²) in [5, 5.41) is 30.1. The summed E-state index contributed by atoms with van der Waals surface area (Å²) >= 11 is 0. The van der Waals surface area contributed by atoms with E-state index in [1.807, 2.05) is 6.07 Å². The number of aromatic hydroxyl groups is 1. The molecular formula is C19H20N2O5. The van der Waals surface area contributed by atoms with Crippen molar-refractivity contribution in [2.45, 2.75) is 18.6 Å². The second kappa shape index (κ2) is 9.42. The summed E-state index contributed by atoms with van der Waals surface area (Å²) in [7, 11) is 1.47. The van der Waals surface area contributed by atoms with E-state index in [-0.39, 0.29) is 18.8 Å². The maximum atomic E-state index is 12.3. The van der Waals surface area contributed by atoms with E-state index in [0.29, 0.717) is 16.8 Å². The second-order valence-electron chi connectivity index (χ2n) is 5.52. The standard InChI is InChI=1S/C19H20N2O5/c1-25-17(10-11-22)18(14-4-8-16(23)9-5-14)26-19(24)21-15-6-2-13(12-20)3-7-15/h2-9,17-18,22-23H,10-11H2,1H3,(H,21,24)/t17-,18-/m1/s1. The molecule has 26 heavy (non-hydrogen) atoms. The number of aliphatic hydroxyl groups is 1. The predicted molar refractivity (Wildman–Crippen MR) is 94.6 cm³/mol. The molecule has 0 unspecified atom stereocenters. The molecule has 0 radical (unpaired) electrons. The molecule has 0 fully saturated rings. The number of aliphatic hydroxyl groups excluding tert-OH is 1. The van der Waals surface area contributed by atoms with Crippen LogP contribution in [0.25, 0.3) is 0 Å². The summed E-state index contributed by atoms with van der Waals surface area (Å²) in [4.78, 5) is 12.3. The van der Waals surface area contributed by atoms with Gasteiger partial charge in [0, 0.05) is 25.8 Å². The van der Waals surface area contributed by atoms with E-state index in [0.717, 1.165) is 0 Å². The molecule has 0 saturated heterocycles. The highest BCUT2D eigenvalue weighted by molar-refractivity contribution is 5.84. The van der Waals surface area contributed by atoms with Crippen LogP contribution in [0.15, 0.2) is 48.5 Å². The number of hydrogen-bond acceptors (Lipinski definition) is 6. The molecule has 1 amide bonds. The average molecular weight is 356 g/mol. The first kappa shape index (κ1) is 19.2. The zero-order valence-electron chi connectivity index (χ0n) is 14.3. The van der Waals surface area contributed by atoms with E-state index in [4.69, 9.17) is 14.7 Å². The van der Waals surface area contributed by atoms with Crippen molar-refractivity contribution in [1.82, 2.24) is 0 Å². The maximum absolute atomic E-state index is 12.3. The lowest BCUT2D eigenvalue weighted by Gasteiger charge is -2.26. The van der Waals surface area contributed by atoms with Crippen LogP contribution < -0.4 is 5.32 Å². The number of nitriles is 1. The Morgan fingerprint density at radius 1 is 1.19 bits per heavy atom. The molecule has 0 heterocycles. The molecule has 136 valence electrons. The fourth-order valence-electron chi connectivity index (χ4n) is 2.43. The number of benzene rings is 2. The Kier molecular flexibility index (Phi) is 6.97. The van der Waals surface area contributed by atoms with E-state index in [1.54, 1.807) is 36.4 Å². The minimum Gasteiger partial charge on any atom is -0.508 e. The molecule has 0 aliphatic rings. The van der Waals surface area contributed by atoms with Crippen molar-refractivity contribution in [3.05, 3.63) is 59.7 Å². The van der Waals surface area contributed by atoms with Crippen molar-refractivity contribution in [2.24, 2.45) is 0 Å². The molecule has 0 aliphatic carbocycles. The number of phenols is 1. The van der Waals surface area contributed by atoms with E-state index in [9.17, 15) is 15.0 Å². The maximum Gasteiger partial charge on any atom is 0.412 e. The van der Waals surface area contributed by atoms with Crippen LogP contribution in [0.3, 0.4) is 0 Å². The van der Waals surface area contributed by atoms with Crippen LogP contribution in [0.1, 0.15) is 23.7 Å². The molecule has 2 atom stereocenters. The molecular weight excluding hydrogens is 336 g/mol. The van der Waals surface area contributed by atoms with Gasteiger partial charge in [-0.3, -0.25) is 5.32 Å². The summed E-state index contributed by atoms with van der Waals surface area (Å²) in [6.45, 7) is -0.131. The van der Waals surface area contributed by atoms with Gasteiger partial charge in [0.2, 0.25) is 0 Å². The van der Waals surface area contributed by atoms with Gasteiger partial charge in [-0.1, -0.05) is 12.1 Å². The summed E-state index contributed by atoms with van der Waals surface area (Å²) in [5.74, 6) is 0.0886. The van der Waals surface area contributed by atoms with Crippen LogP contribution in [0.4, 0.5) is 10.5 Å². The van der Waals surface area contributed by atoms with Crippen molar-refractivity contribution in [3.8, 4) is 11.8 Å². The zero-order chi connectivity index (χ0) is 18.9. The number of hydrogen-bond donors (Lipinski definition) is 3. The van der Waals surface area contributed by atoms with Crippen LogP contribution in [-0.2, 0) is 9.47 Å². The molecule has 0 aliphatic heterocycles. The van der Waals surface area contributed by atoms with E-state index in [1.165, 1.54) is 19.2 Å². The zero-order valence-corrected chi connectivity index (χ0v) is 14.3. The van der Waals surface area contributed by atoms with E-state index >= 15 is 0 Å². The SMILES string of the molecule is CO[C@H](CCO)[C@H](OC(=O)Nc1ccc(C#N)cc1)c1ccc(O)cc1. The first-order valence-electron chi connectivity index (χ1n) is 7.97. The Labute approximate surface area is 151 Å². The lowest BCUT2D eigenvalue weighted by atomic mass is 10.0. The number of nitrogens with zero attached hydrogens (tertiary/aromatic N) is 1. The fourth-order valence-corrected chi connectivity index (χ4v) is 2.43. The van der Waals surface area contributed by atoms with Crippen molar-refractivity contribution in [2.75, 3.05) is 19.0 Å². The summed E-state index contributed by atoms with van der Waals surface area (Å²) in [6.07, 6.45) is -1.76. The monoisotopic (exact) mass is 356 g/mol. The molecule has 2 rings (SSSR count). The predicted octanol–water partition coefficient (Wildman–Crippen LogP) is 2.95. The van der Waals surface area contributed by atoms with Gasteiger partial charge >= 0.3 is 6.09 Å². The van der Waals surface area contributed by atoms with Gasteiger partial charge in [0.05, 0.1) is 11.6 Å². The number of carbonyl (C=O) groups is 1. The topological polar surface area (TPSA) is 112 Å². The van der Waals surface area contributed by atoms with Gasteiger partial charge in [0.15, 0.2) is 6.10 Å². The Morgan fingerprint density at radius 3 is 2.38 bits per heavy atom. The summed E-state index contributed by atoms with van der Waals surface area (Å²) in [6, 6.07) is 14.6. The minimum absolute atomic E-state index is 0.0886. The number of amides is 1. The van der Waals surface area contributed by atoms with E-state index in [2.05, 4.69) is 5.32 Å². The molecule has 3 N–H and O–H groups in total. The third kappa shape index (κ3) is 5.21. The van der Waals surface area contributed by atoms with Crippen LogP contribution in [0, 0.1) is 11.3 Å². The van der Waals surface area contributed by atoms with Crippen LogP contribution in [0.2, 0.25) is 0 Å². The highest BCUT2D eigenvalue weighted by Gasteiger charge is 2.27. The molecule has 2 aromatic carbocycles. The molecule has 0 aromatic heterocycles. The van der Waals surface area contributed by atoms with Crippen molar-refractivity contribution in [3.63, 3.8) is 0 Å². The smallest absolute Gasteiger partial charge is 0.412 e. The third-order valence-corrected chi connectivity index (χ3v) is 3.77. The molecule has 7 heteroatoms. The number of rotatable bonds is 7. The van der Waals surface area contributed by atoms with Gasteiger partial charge in [-0.25, -0.2) is 4.79 Å². The number of carbonyl (C=O) groups excluding carboxylic acids is 1. The fraction of sp³-hybridized carbons (Fsp3) is 0.263. The molecule has 0 spiro atoms. The van der Waals surface area contributed by atoms with Gasteiger partial charge in [0.25, 0.3) is 0 Å². The number of nitrogens with one attached hydrogen (secondary N) is 1. The summed E-state index contributed by atoms with van der Waals surface area (Å²) in [5.41, 5.74) is 1.58. The summed E-state index contributed by atoms with van der Waals surface area (Å²) < 4.78 is 10.9. The van der Waals surface area contributed by atoms with Gasteiger partial charge in [-0.05, 0) is 42.0 Å². The Hall–Kier alpha value is -3.08. The van der Waals surface area contributed by atoms with Crippen molar-refractivity contribution >= 4 is 11.8 Å². The number of anilines is 1. The molecule has 0 bridgehead atoms. The van der Waals surface area contributed by atoms with Gasteiger partial charge in [-0.2, -0.15) is 5.26 Å². The Bertz CT molecular complexity index is 753. The molecule has 0 saturated carbocycles. The third-order valence-electron chi connectivity index (χ3n) is 3.77. The quantitative estimate of drug-likeness (QED) is 0.703. The van der Waals surface area contributed by atoms with Crippen LogP contribution >= 0.6 is 0 Å². The van der Waals surface area contributed by atoms with Crippen molar-refractivity contribution < 1.29 is 24.5 Å². The highest BCUT2D eigenvalue weighted by Crippen LogP contribution is 2.27. The number of ether oxygens (including phenoxy) is 2. The van der Waals surface area contributed by atoms with Gasteiger partial charge in [-0.15, -0.1) is 0 Å². The first-order valence-corrected chi connectivity index (χ1v) is 7.97.